The number of fused-ring (bicyclic) bond motifs is 1. The minimum atomic E-state index is -0.130. The van der Waals surface area contributed by atoms with Crippen LogP contribution in [0.3, 0.4) is 0 Å². The van der Waals surface area contributed by atoms with Crippen molar-refractivity contribution >= 4 is 22.8 Å². The largest absolute Gasteiger partial charge is 0.375 e. The predicted molar refractivity (Wildman–Crippen MR) is 96.2 cm³/mol. The molecule has 0 fully saturated rings. The maximum atomic E-state index is 12.1. The minimum absolute atomic E-state index is 0.0142. The van der Waals surface area contributed by atoms with Gasteiger partial charge in [-0.2, -0.15) is 0 Å². The van der Waals surface area contributed by atoms with E-state index in [0.717, 1.165) is 29.7 Å². The average Bonchev–Trinajstić information content (AvgIpc) is 2.95. The van der Waals surface area contributed by atoms with E-state index in [4.69, 9.17) is 4.74 Å². The number of imidazole rings is 1. The van der Waals surface area contributed by atoms with Crippen LogP contribution in [0.4, 0.5) is 0 Å². The van der Waals surface area contributed by atoms with Crippen LogP contribution in [0.15, 0.2) is 24.3 Å². The molecule has 136 valence electrons. The van der Waals surface area contributed by atoms with E-state index < -0.39 is 0 Å². The van der Waals surface area contributed by atoms with Crippen molar-refractivity contribution in [3.05, 3.63) is 30.1 Å². The number of nitrogens with zero attached hydrogens (tertiary/aromatic N) is 2. The van der Waals surface area contributed by atoms with Crippen LogP contribution >= 0.6 is 0 Å². The van der Waals surface area contributed by atoms with Gasteiger partial charge in [0.05, 0.1) is 11.0 Å². The molecule has 0 unspecified atom stereocenters. The van der Waals surface area contributed by atoms with Crippen molar-refractivity contribution in [2.75, 3.05) is 26.8 Å². The van der Waals surface area contributed by atoms with Gasteiger partial charge in [-0.15, -0.1) is 0 Å². The van der Waals surface area contributed by atoms with Crippen molar-refractivity contribution < 1.29 is 14.3 Å². The number of hydrogen-bond acceptors (Lipinski definition) is 4. The van der Waals surface area contributed by atoms with Crippen LogP contribution in [0.5, 0.6) is 0 Å². The molecule has 2 aromatic rings. The monoisotopic (exact) mass is 346 g/mol. The Morgan fingerprint density at radius 3 is 2.68 bits per heavy atom. The molecule has 0 saturated heterocycles. The summed E-state index contributed by atoms with van der Waals surface area (Å²) in [6.07, 6.45) is 2.34. The summed E-state index contributed by atoms with van der Waals surface area (Å²) >= 11 is 0. The Bertz CT molecular complexity index is 711. The molecule has 7 nitrogen and oxygen atoms in total. The van der Waals surface area contributed by atoms with Gasteiger partial charge in [0.1, 0.15) is 19.0 Å². The first-order chi connectivity index (χ1) is 12.2. The minimum Gasteiger partial charge on any atom is -0.375 e. The van der Waals surface area contributed by atoms with Crippen molar-refractivity contribution in [1.82, 2.24) is 20.2 Å². The second-order valence-electron chi connectivity index (χ2n) is 5.84. The van der Waals surface area contributed by atoms with E-state index in [9.17, 15) is 9.59 Å². The van der Waals surface area contributed by atoms with Crippen molar-refractivity contribution in [2.45, 2.75) is 32.7 Å². The van der Waals surface area contributed by atoms with Gasteiger partial charge in [-0.05, 0) is 25.0 Å². The van der Waals surface area contributed by atoms with E-state index in [1.807, 2.05) is 35.8 Å². The predicted octanol–water partition coefficient (Wildman–Crippen LogP) is 1.26. The lowest BCUT2D eigenvalue weighted by molar-refractivity contribution is -0.124. The molecule has 1 aromatic carbocycles. The SMILES string of the molecule is CCCNC(=O)Cn1c(CCCNC(=O)COC)nc2ccccc21. The fourth-order valence-corrected chi connectivity index (χ4v) is 2.61. The molecule has 0 spiro atoms. The zero-order valence-corrected chi connectivity index (χ0v) is 14.9. The van der Waals surface area contributed by atoms with E-state index in [-0.39, 0.29) is 25.0 Å². The fourth-order valence-electron chi connectivity index (χ4n) is 2.61. The summed E-state index contributed by atoms with van der Waals surface area (Å²) in [4.78, 5) is 28.2. The smallest absolute Gasteiger partial charge is 0.245 e. The molecule has 0 atom stereocenters. The summed E-state index contributed by atoms with van der Waals surface area (Å²) in [7, 11) is 1.49. The maximum absolute atomic E-state index is 12.1. The molecule has 0 aliphatic heterocycles. The van der Waals surface area contributed by atoms with Crippen LogP contribution in [0.25, 0.3) is 11.0 Å². The number of amides is 2. The van der Waals surface area contributed by atoms with Gasteiger partial charge in [-0.3, -0.25) is 9.59 Å². The Morgan fingerprint density at radius 1 is 1.16 bits per heavy atom. The summed E-state index contributed by atoms with van der Waals surface area (Å²) in [5.74, 6) is 0.712. The molecule has 7 heteroatoms. The molecule has 0 saturated carbocycles. The van der Waals surface area contributed by atoms with Gasteiger partial charge in [-0.1, -0.05) is 19.1 Å². The normalized spacial score (nSPS) is 10.8. The number of methoxy groups -OCH3 is 1. The lowest BCUT2D eigenvalue weighted by Crippen LogP contribution is -2.29. The quantitative estimate of drug-likeness (QED) is 0.634. The number of rotatable bonds is 10. The first-order valence-corrected chi connectivity index (χ1v) is 8.62. The summed E-state index contributed by atoms with van der Waals surface area (Å²) in [5, 5.41) is 5.70. The van der Waals surface area contributed by atoms with Gasteiger partial charge < -0.3 is 19.9 Å². The molecule has 2 rings (SSSR count). The highest BCUT2D eigenvalue weighted by atomic mass is 16.5. The number of nitrogens with one attached hydrogen (secondary N) is 2. The summed E-state index contributed by atoms with van der Waals surface area (Å²) < 4.78 is 6.74. The molecule has 2 N–H and O–H groups in total. The number of aromatic nitrogens is 2. The second kappa shape index (κ2) is 9.78. The molecular weight excluding hydrogens is 320 g/mol. The topological polar surface area (TPSA) is 85.2 Å². The van der Waals surface area contributed by atoms with Gasteiger partial charge in [-0.25, -0.2) is 4.98 Å². The second-order valence-corrected chi connectivity index (χ2v) is 5.84. The highest BCUT2D eigenvalue weighted by Crippen LogP contribution is 2.17. The third kappa shape index (κ3) is 5.56. The van der Waals surface area contributed by atoms with E-state index in [0.29, 0.717) is 19.5 Å². The van der Waals surface area contributed by atoms with E-state index >= 15 is 0 Å². The Hall–Kier alpha value is -2.41. The van der Waals surface area contributed by atoms with Gasteiger partial charge in [0.15, 0.2) is 0 Å². The standard InChI is InChI=1S/C18H26N4O3/c1-3-10-19-17(23)12-22-15-8-5-4-7-14(15)21-16(22)9-6-11-20-18(24)13-25-2/h4-5,7-8H,3,6,9-13H2,1-2H3,(H,19,23)(H,20,24). The number of benzene rings is 1. The number of para-hydroxylation sites is 2. The lowest BCUT2D eigenvalue weighted by atomic mass is 10.3. The van der Waals surface area contributed by atoms with E-state index in [2.05, 4.69) is 15.6 Å². The maximum Gasteiger partial charge on any atom is 0.245 e. The Kier molecular flexibility index (Phi) is 7.40. The molecule has 1 heterocycles. The highest BCUT2D eigenvalue weighted by Gasteiger charge is 2.13. The van der Waals surface area contributed by atoms with Gasteiger partial charge in [0.25, 0.3) is 0 Å². The zero-order valence-electron chi connectivity index (χ0n) is 14.9. The van der Waals surface area contributed by atoms with Crippen LogP contribution < -0.4 is 10.6 Å². The van der Waals surface area contributed by atoms with Crippen LogP contribution in [-0.4, -0.2) is 48.2 Å². The van der Waals surface area contributed by atoms with E-state index in [1.165, 1.54) is 7.11 Å². The van der Waals surface area contributed by atoms with Crippen LogP contribution in [-0.2, 0) is 27.3 Å². The van der Waals surface area contributed by atoms with Crippen molar-refractivity contribution in [3.8, 4) is 0 Å². The summed E-state index contributed by atoms with van der Waals surface area (Å²) in [6, 6.07) is 7.80. The first-order valence-electron chi connectivity index (χ1n) is 8.62. The van der Waals surface area contributed by atoms with Gasteiger partial charge >= 0.3 is 0 Å². The first kappa shape index (κ1) is 18.9. The molecule has 0 aliphatic carbocycles. The van der Waals surface area contributed by atoms with Gasteiger partial charge in [0, 0.05) is 26.6 Å². The zero-order chi connectivity index (χ0) is 18.1. The average molecular weight is 346 g/mol. The molecule has 1 aromatic heterocycles. The van der Waals surface area contributed by atoms with Crippen LogP contribution in [0.1, 0.15) is 25.6 Å². The Labute approximate surface area is 147 Å². The van der Waals surface area contributed by atoms with Gasteiger partial charge in [0.2, 0.25) is 11.8 Å². The van der Waals surface area contributed by atoms with Crippen molar-refractivity contribution in [2.24, 2.45) is 0 Å². The third-order valence-electron chi connectivity index (χ3n) is 3.78. The number of ether oxygens (including phenoxy) is 1. The Morgan fingerprint density at radius 2 is 1.92 bits per heavy atom. The molecule has 0 aliphatic rings. The molecular formula is C18H26N4O3. The number of hydrogen-bond donors (Lipinski definition) is 2. The molecule has 25 heavy (non-hydrogen) atoms. The third-order valence-corrected chi connectivity index (χ3v) is 3.78. The van der Waals surface area contributed by atoms with Crippen molar-refractivity contribution in [3.63, 3.8) is 0 Å². The van der Waals surface area contributed by atoms with Crippen LogP contribution in [0.2, 0.25) is 0 Å². The van der Waals surface area contributed by atoms with Crippen molar-refractivity contribution in [1.29, 1.82) is 0 Å². The number of aryl methyl sites for hydroxylation is 1. The molecule has 2 amide bonds. The summed E-state index contributed by atoms with van der Waals surface area (Å²) in [6.45, 7) is 3.57. The van der Waals surface area contributed by atoms with Crippen LogP contribution in [0, 0.1) is 0 Å². The Balaban J connectivity index is 2.03. The van der Waals surface area contributed by atoms with E-state index in [1.54, 1.807) is 0 Å². The molecule has 0 radical (unpaired) electrons. The fraction of sp³-hybridized carbons (Fsp3) is 0.500. The number of carbonyl (C=O) groups is 2. The lowest BCUT2D eigenvalue weighted by Gasteiger charge is -2.10. The molecule has 0 bridgehead atoms. The summed E-state index contributed by atoms with van der Waals surface area (Å²) in [5.41, 5.74) is 1.83. The highest BCUT2D eigenvalue weighted by molar-refractivity contribution is 5.81. The number of carbonyl (C=O) groups excluding carboxylic acids is 2.